The molecule has 0 aliphatic rings. The lowest BCUT2D eigenvalue weighted by Gasteiger charge is -2.15. The average molecular weight is 304 g/mol. The molecule has 118 valence electrons. The smallest absolute Gasteiger partial charge is 0.0686 e. The Labute approximate surface area is 138 Å². The Hall–Kier alpha value is -2.35. The minimum Gasteiger partial charge on any atom is -0.240 e. The molecule has 23 heavy (non-hydrogen) atoms. The maximum atomic E-state index is 4.61. The van der Waals surface area contributed by atoms with E-state index in [1.807, 2.05) is 23.9 Å². The van der Waals surface area contributed by atoms with Crippen LogP contribution in [0.15, 0.2) is 48.7 Å². The van der Waals surface area contributed by atoms with Gasteiger partial charge in [0, 0.05) is 6.20 Å². The molecule has 0 amide bonds. The fraction of sp³-hybridized carbons (Fsp3) is 0.286. The Morgan fingerprint density at radius 3 is 2.13 bits per heavy atom. The van der Waals surface area contributed by atoms with Gasteiger partial charge in [0.05, 0.1) is 11.4 Å². The van der Waals surface area contributed by atoms with Crippen LogP contribution in [-0.4, -0.2) is 9.78 Å². The first-order valence-corrected chi connectivity index (χ1v) is 8.20. The first-order valence-electron chi connectivity index (χ1n) is 8.20. The van der Waals surface area contributed by atoms with Crippen LogP contribution in [0.2, 0.25) is 0 Å². The number of rotatable bonds is 3. The average Bonchev–Trinajstić information content (AvgIpc) is 2.96. The van der Waals surface area contributed by atoms with Gasteiger partial charge in [-0.1, -0.05) is 44.2 Å². The zero-order valence-corrected chi connectivity index (χ0v) is 14.6. The summed E-state index contributed by atoms with van der Waals surface area (Å²) in [5.41, 5.74) is 8.68. The van der Waals surface area contributed by atoms with E-state index in [1.54, 1.807) is 0 Å². The predicted molar refractivity (Wildman–Crippen MR) is 97.3 cm³/mol. The highest BCUT2D eigenvalue weighted by atomic mass is 15.3. The molecule has 2 aromatic carbocycles. The summed E-state index contributed by atoms with van der Waals surface area (Å²) in [4.78, 5) is 0. The summed E-state index contributed by atoms with van der Waals surface area (Å²) in [5, 5.41) is 4.61. The third-order valence-electron chi connectivity index (χ3n) is 4.46. The van der Waals surface area contributed by atoms with Gasteiger partial charge in [-0.15, -0.1) is 0 Å². The molecule has 1 heterocycles. The fourth-order valence-electron chi connectivity index (χ4n) is 2.88. The molecule has 3 aromatic rings. The fourth-order valence-corrected chi connectivity index (χ4v) is 2.88. The summed E-state index contributed by atoms with van der Waals surface area (Å²) in [6.07, 6.45) is 2.04. The number of aryl methyl sites for hydroxylation is 3. The van der Waals surface area contributed by atoms with Crippen molar-refractivity contribution in [3.63, 3.8) is 0 Å². The van der Waals surface area contributed by atoms with Crippen LogP contribution in [0.4, 0.5) is 0 Å². The zero-order chi connectivity index (χ0) is 16.6. The molecule has 0 N–H and O–H groups in total. The van der Waals surface area contributed by atoms with Gasteiger partial charge < -0.3 is 0 Å². The Kier molecular flexibility index (Phi) is 4.08. The number of nitrogens with zero attached hydrogens (tertiary/aromatic N) is 2. The second-order valence-corrected chi connectivity index (χ2v) is 6.63. The number of hydrogen-bond acceptors (Lipinski definition) is 1. The van der Waals surface area contributed by atoms with Crippen molar-refractivity contribution in [2.75, 3.05) is 0 Å². The highest BCUT2D eigenvalue weighted by Gasteiger charge is 2.11. The summed E-state index contributed by atoms with van der Waals surface area (Å²) in [7, 11) is 0. The van der Waals surface area contributed by atoms with Crippen molar-refractivity contribution in [2.45, 2.75) is 40.5 Å². The molecular formula is C21H24N2. The van der Waals surface area contributed by atoms with Crippen molar-refractivity contribution in [1.82, 2.24) is 9.78 Å². The van der Waals surface area contributed by atoms with Gasteiger partial charge in [-0.25, -0.2) is 4.68 Å². The van der Waals surface area contributed by atoms with E-state index in [0.29, 0.717) is 5.92 Å². The van der Waals surface area contributed by atoms with Crippen LogP contribution >= 0.6 is 0 Å². The van der Waals surface area contributed by atoms with Crippen molar-refractivity contribution in [3.05, 3.63) is 71.0 Å². The summed E-state index contributed by atoms with van der Waals surface area (Å²) < 4.78 is 2.00. The van der Waals surface area contributed by atoms with Gasteiger partial charge in [0.2, 0.25) is 0 Å². The van der Waals surface area contributed by atoms with E-state index in [1.165, 1.54) is 33.5 Å². The summed E-state index contributed by atoms with van der Waals surface area (Å²) in [6.45, 7) is 10.8. The Balaban J connectivity index is 2.15. The largest absolute Gasteiger partial charge is 0.240 e. The van der Waals surface area contributed by atoms with E-state index in [-0.39, 0.29) is 0 Å². The molecule has 2 nitrogen and oxygen atoms in total. The van der Waals surface area contributed by atoms with Crippen molar-refractivity contribution < 1.29 is 0 Å². The van der Waals surface area contributed by atoms with Gasteiger partial charge >= 0.3 is 0 Å². The molecule has 0 saturated carbocycles. The Morgan fingerprint density at radius 2 is 1.52 bits per heavy atom. The standard InChI is InChI=1S/C21H24N2/c1-14(2)20-9-8-19(18-7-6-15(3)16(4)12-18)13-21(20)23-11-10-17(5)22-23/h6-14H,1-5H3. The van der Waals surface area contributed by atoms with E-state index < -0.39 is 0 Å². The quantitative estimate of drug-likeness (QED) is 0.617. The van der Waals surface area contributed by atoms with Crippen LogP contribution in [0.1, 0.15) is 42.1 Å². The van der Waals surface area contributed by atoms with Crippen LogP contribution in [0.25, 0.3) is 16.8 Å². The number of hydrogen-bond donors (Lipinski definition) is 0. The maximum absolute atomic E-state index is 4.61. The second kappa shape index (κ2) is 6.04. The van der Waals surface area contributed by atoms with Gasteiger partial charge in [0.15, 0.2) is 0 Å². The van der Waals surface area contributed by atoms with Gasteiger partial charge in [-0.2, -0.15) is 5.10 Å². The molecule has 0 radical (unpaired) electrons. The lowest BCUT2D eigenvalue weighted by molar-refractivity contribution is 0.802. The molecule has 0 unspecified atom stereocenters. The SMILES string of the molecule is Cc1ccn(-c2cc(-c3ccc(C)c(C)c3)ccc2C(C)C)n1. The second-order valence-electron chi connectivity index (χ2n) is 6.63. The Bertz CT molecular complexity index is 841. The molecule has 0 bridgehead atoms. The molecule has 0 atom stereocenters. The maximum Gasteiger partial charge on any atom is 0.0686 e. The van der Waals surface area contributed by atoms with Gasteiger partial charge in [-0.3, -0.25) is 0 Å². The summed E-state index contributed by atoms with van der Waals surface area (Å²) in [5.74, 6) is 0.461. The molecule has 0 aliphatic carbocycles. The van der Waals surface area contributed by atoms with Crippen molar-refractivity contribution in [2.24, 2.45) is 0 Å². The van der Waals surface area contributed by atoms with E-state index >= 15 is 0 Å². The third kappa shape index (κ3) is 3.07. The first-order chi connectivity index (χ1) is 11.0. The van der Waals surface area contributed by atoms with Gasteiger partial charge in [0.1, 0.15) is 0 Å². The van der Waals surface area contributed by atoms with Crippen molar-refractivity contribution in [1.29, 1.82) is 0 Å². The minimum atomic E-state index is 0.461. The van der Waals surface area contributed by atoms with Gasteiger partial charge in [0.25, 0.3) is 0 Å². The van der Waals surface area contributed by atoms with Crippen LogP contribution in [0, 0.1) is 20.8 Å². The van der Waals surface area contributed by atoms with Crippen molar-refractivity contribution in [3.8, 4) is 16.8 Å². The van der Waals surface area contributed by atoms with Crippen LogP contribution in [0.5, 0.6) is 0 Å². The molecular weight excluding hydrogens is 280 g/mol. The zero-order valence-electron chi connectivity index (χ0n) is 14.6. The molecule has 2 heteroatoms. The number of benzene rings is 2. The normalized spacial score (nSPS) is 11.2. The molecule has 1 aromatic heterocycles. The van der Waals surface area contributed by atoms with E-state index in [4.69, 9.17) is 0 Å². The van der Waals surface area contributed by atoms with Crippen LogP contribution in [-0.2, 0) is 0 Å². The molecule has 0 aliphatic heterocycles. The minimum absolute atomic E-state index is 0.461. The van der Waals surface area contributed by atoms with E-state index in [2.05, 4.69) is 69.2 Å². The highest BCUT2D eigenvalue weighted by Crippen LogP contribution is 2.29. The molecule has 3 rings (SSSR count). The summed E-state index contributed by atoms with van der Waals surface area (Å²) in [6, 6.07) is 15.4. The lowest BCUT2D eigenvalue weighted by atomic mass is 9.95. The molecule has 0 saturated heterocycles. The van der Waals surface area contributed by atoms with E-state index in [9.17, 15) is 0 Å². The third-order valence-corrected chi connectivity index (χ3v) is 4.46. The topological polar surface area (TPSA) is 17.8 Å². The van der Waals surface area contributed by atoms with Crippen molar-refractivity contribution >= 4 is 0 Å². The predicted octanol–water partition coefficient (Wildman–Crippen LogP) is 5.59. The van der Waals surface area contributed by atoms with Gasteiger partial charge in [-0.05, 0) is 66.6 Å². The lowest BCUT2D eigenvalue weighted by Crippen LogP contribution is -2.02. The Morgan fingerprint density at radius 1 is 0.826 bits per heavy atom. The highest BCUT2D eigenvalue weighted by molar-refractivity contribution is 5.68. The monoisotopic (exact) mass is 304 g/mol. The molecule has 0 spiro atoms. The summed E-state index contributed by atoms with van der Waals surface area (Å²) >= 11 is 0. The van der Waals surface area contributed by atoms with Crippen LogP contribution in [0.3, 0.4) is 0 Å². The van der Waals surface area contributed by atoms with Crippen LogP contribution < -0.4 is 0 Å². The van der Waals surface area contributed by atoms with E-state index in [0.717, 1.165) is 5.69 Å². The molecule has 0 fully saturated rings. The number of aromatic nitrogens is 2. The first kappa shape index (κ1) is 15.5.